The molecule has 0 saturated carbocycles. The van der Waals surface area contributed by atoms with E-state index in [1.165, 1.54) is 13.1 Å². The number of carbonyl (C=O) groups excluding carboxylic acids is 2. The number of piperidine rings is 1. The van der Waals surface area contributed by atoms with Gasteiger partial charge >= 0.3 is 6.09 Å². The van der Waals surface area contributed by atoms with Crippen LogP contribution in [0.15, 0.2) is 18.2 Å². The largest absolute Gasteiger partial charge is 0.412 e. The van der Waals surface area contributed by atoms with Crippen molar-refractivity contribution in [3.63, 3.8) is 0 Å². The number of halogens is 1. The van der Waals surface area contributed by atoms with E-state index in [1.807, 2.05) is 9.80 Å². The Balaban J connectivity index is 1.48. The number of benzene rings is 1. The van der Waals surface area contributed by atoms with E-state index in [2.05, 4.69) is 5.32 Å². The van der Waals surface area contributed by atoms with Gasteiger partial charge in [0, 0.05) is 52.0 Å². The van der Waals surface area contributed by atoms with Crippen molar-refractivity contribution in [3.8, 4) is 5.75 Å². The van der Waals surface area contributed by atoms with E-state index in [4.69, 9.17) is 9.47 Å². The molecule has 3 aliphatic rings. The maximum Gasteiger partial charge on any atom is 0.412 e. The van der Waals surface area contributed by atoms with Crippen molar-refractivity contribution in [3.05, 3.63) is 24.0 Å². The zero-order valence-corrected chi connectivity index (χ0v) is 16.8. The van der Waals surface area contributed by atoms with E-state index >= 15 is 0 Å². The zero-order chi connectivity index (χ0) is 20.4. The van der Waals surface area contributed by atoms with Crippen LogP contribution < -0.4 is 15.0 Å². The molecule has 0 radical (unpaired) electrons. The molecule has 0 aliphatic carbocycles. The van der Waals surface area contributed by atoms with Crippen molar-refractivity contribution < 1.29 is 23.5 Å². The molecular weight excluding hydrogens is 377 g/mol. The van der Waals surface area contributed by atoms with Gasteiger partial charge in [-0.3, -0.25) is 4.79 Å². The second kappa shape index (κ2) is 8.18. The summed E-state index contributed by atoms with van der Waals surface area (Å²) in [5, 5.41) is 2.34. The minimum absolute atomic E-state index is 0.153. The molecule has 2 amide bonds. The monoisotopic (exact) mass is 405 g/mol. The fraction of sp³-hybridized carbons (Fsp3) is 0.619. The minimum Gasteiger partial charge on any atom is -0.410 e. The van der Waals surface area contributed by atoms with Crippen LogP contribution in [0.3, 0.4) is 0 Å². The van der Waals surface area contributed by atoms with E-state index in [0.29, 0.717) is 32.0 Å². The number of nitrogens with one attached hydrogen (secondary N) is 1. The van der Waals surface area contributed by atoms with Gasteiger partial charge in [0.1, 0.15) is 11.6 Å². The Morgan fingerprint density at radius 1 is 1.28 bits per heavy atom. The molecule has 1 atom stereocenters. The molecule has 3 saturated heterocycles. The molecule has 0 aromatic heterocycles. The van der Waals surface area contributed by atoms with Crippen molar-refractivity contribution >= 4 is 17.7 Å². The van der Waals surface area contributed by atoms with Gasteiger partial charge in [-0.2, -0.15) is 0 Å². The highest BCUT2D eigenvalue weighted by Gasteiger charge is 2.50. The molecule has 1 aromatic carbocycles. The molecule has 1 spiro atoms. The lowest BCUT2D eigenvalue weighted by Crippen LogP contribution is -2.50. The van der Waals surface area contributed by atoms with Crippen LogP contribution in [0.5, 0.6) is 5.75 Å². The maximum atomic E-state index is 14.8. The molecule has 4 rings (SSSR count). The van der Waals surface area contributed by atoms with Crippen molar-refractivity contribution in [1.82, 2.24) is 10.2 Å². The summed E-state index contributed by atoms with van der Waals surface area (Å²) in [5.41, 5.74) is 0.0194. The van der Waals surface area contributed by atoms with Crippen LogP contribution in [0.1, 0.15) is 32.1 Å². The molecular formula is C21H28FN3O4. The van der Waals surface area contributed by atoms with Gasteiger partial charge in [0.2, 0.25) is 5.91 Å². The van der Waals surface area contributed by atoms with Crippen LogP contribution in [0.2, 0.25) is 0 Å². The Morgan fingerprint density at radius 2 is 2.07 bits per heavy atom. The third-order valence-electron chi connectivity index (χ3n) is 6.43. The zero-order valence-electron chi connectivity index (χ0n) is 16.8. The molecule has 7 nitrogen and oxygen atoms in total. The van der Waals surface area contributed by atoms with Crippen LogP contribution in [-0.2, 0) is 9.53 Å². The predicted molar refractivity (Wildman–Crippen MR) is 106 cm³/mol. The minimum atomic E-state index is -0.640. The second-order valence-electron chi connectivity index (χ2n) is 8.15. The Labute approximate surface area is 170 Å². The summed E-state index contributed by atoms with van der Waals surface area (Å²) >= 11 is 0. The summed E-state index contributed by atoms with van der Waals surface area (Å²) < 4.78 is 25.2. The smallest absolute Gasteiger partial charge is 0.410 e. The average molecular weight is 405 g/mol. The van der Waals surface area contributed by atoms with Crippen LogP contribution >= 0.6 is 0 Å². The number of likely N-dealkylation sites (tertiary alicyclic amines) is 1. The standard InChI is InChI=1S/C21H28FN3O4/c1-23-20(27)29-16-3-4-18(17(22)13-16)24-9-2-7-21(14-24)8-10-25(19(21)26)15-5-11-28-12-6-15/h3-4,13,15H,2,5-12,14H2,1H3,(H,23,27)/t21-/m1/s1. The number of carbonyl (C=O) groups is 2. The van der Waals surface area contributed by atoms with Crippen LogP contribution in [0, 0.1) is 11.2 Å². The van der Waals surface area contributed by atoms with Gasteiger partial charge in [-0.1, -0.05) is 0 Å². The van der Waals surface area contributed by atoms with E-state index in [1.54, 1.807) is 12.1 Å². The number of hydrogen-bond acceptors (Lipinski definition) is 5. The van der Waals surface area contributed by atoms with Gasteiger partial charge in [0.15, 0.2) is 0 Å². The Hall–Kier alpha value is -2.35. The van der Waals surface area contributed by atoms with Gasteiger partial charge in [-0.05, 0) is 44.2 Å². The molecule has 1 aromatic rings. The highest BCUT2D eigenvalue weighted by atomic mass is 19.1. The number of nitrogens with zero attached hydrogens (tertiary/aromatic N) is 2. The molecule has 3 aliphatic heterocycles. The maximum absolute atomic E-state index is 14.8. The lowest BCUT2D eigenvalue weighted by Gasteiger charge is -2.41. The number of ether oxygens (including phenoxy) is 2. The molecule has 3 heterocycles. The Morgan fingerprint density at radius 3 is 2.79 bits per heavy atom. The molecule has 1 N–H and O–H groups in total. The van der Waals surface area contributed by atoms with Crippen LogP contribution in [0.25, 0.3) is 0 Å². The summed E-state index contributed by atoms with van der Waals surface area (Å²) in [7, 11) is 1.45. The van der Waals surface area contributed by atoms with Gasteiger partial charge in [-0.15, -0.1) is 0 Å². The van der Waals surface area contributed by atoms with Crippen molar-refractivity contribution in [1.29, 1.82) is 0 Å². The lowest BCUT2D eigenvalue weighted by molar-refractivity contribution is -0.139. The quantitative estimate of drug-likeness (QED) is 0.837. The van der Waals surface area contributed by atoms with Gasteiger partial charge in [-0.25, -0.2) is 9.18 Å². The first-order valence-electron chi connectivity index (χ1n) is 10.4. The van der Waals surface area contributed by atoms with E-state index in [-0.39, 0.29) is 17.7 Å². The Kier molecular flexibility index (Phi) is 5.63. The lowest BCUT2D eigenvalue weighted by atomic mass is 9.78. The number of anilines is 1. The summed E-state index contributed by atoms with van der Waals surface area (Å²) in [6.45, 7) is 3.43. The molecule has 0 unspecified atom stereocenters. The van der Waals surface area contributed by atoms with Crippen LogP contribution in [0.4, 0.5) is 14.9 Å². The topological polar surface area (TPSA) is 71.1 Å². The highest BCUT2D eigenvalue weighted by Crippen LogP contribution is 2.43. The van der Waals surface area contributed by atoms with Crippen molar-refractivity contribution in [2.45, 2.75) is 38.1 Å². The van der Waals surface area contributed by atoms with Crippen molar-refractivity contribution in [2.75, 3.05) is 44.8 Å². The van der Waals surface area contributed by atoms with Crippen molar-refractivity contribution in [2.24, 2.45) is 5.41 Å². The summed E-state index contributed by atoms with van der Waals surface area (Å²) in [4.78, 5) is 28.7. The molecule has 29 heavy (non-hydrogen) atoms. The molecule has 0 bridgehead atoms. The number of amides is 2. The van der Waals surface area contributed by atoms with E-state index < -0.39 is 17.3 Å². The number of hydrogen-bond donors (Lipinski definition) is 1. The third kappa shape index (κ3) is 3.90. The summed E-state index contributed by atoms with van der Waals surface area (Å²) in [6.07, 6.45) is 3.67. The van der Waals surface area contributed by atoms with Crippen LogP contribution in [-0.4, -0.2) is 62.8 Å². The fourth-order valence-corrected chi connectivity index (χ4v) is 4.87. The first-order chi connectivity index (χ1) is 14.0. The SMILES string of the molecule is CNC(=O)Oc1ccc(N2CCC[C@@]3(CCN(C4CCOCC4)C3=O)C2)c(F)c1. The number of rotatable bonds is 3. The first kappa shape index (κ1) is 19.9. The fourth-order valence-electron chi connectivity index (χ4n) is 4.87. The van der Waals surface area contributed by atoms with E-state index in [0.717, 1.165) is 38.6 Å². The van der Waals surface area contributed by atoms with Gasteiger partial charge < -0.3 is 24.6 Å². The first-order valence-corrected chi connectivity index (χ1v) is 10.4. The van der Waals surface area contributed by atoms with E-state index in [9.17, 15) is 14.0 Å². The third-order valence-corrected chi connectivity index (χ3v) is 6.43. The van der Waals surface area contributed by atoms with Gasteiger partial charge in [0.25, 0.3) is 0 Å². The second-order valence-corrected chi connectivity index (χ2v) is 8.15. The molecule has 3 fully saturated rings. The summed E-state index contributed by atoms with van der Waals surface area (Å²) in [6, 6.07) is 4.70. The summed E-state index contributed by atoms with van der Waals surface area (Å²) in [5.74, 6) is -0.0794. The van der Waals surface area contributed by atoms with Gasteiger partial charge in [0.05, 0.1) is 11.1 Å². The average Bonchev–Trinajstić information content (AvgIpc) is 3.04. The predicted octanol–water partition coefficient (Wildman–Crippen LogP) is 2.54. The molecule has 8 heteroatoms. The Bertz CT molecular complexity index is 783. The molecule has 158 valence electrons. The normalized spacial score (nSPS) is 25.5. The highest BCUT2D eigenvalue weighted by molar-refractivity contribution is 5.86.